The van der Waals surface area contributed by atoms with Gasteiger partial charge in [0.05, 0.1) is 4.92 Å². The second-order valence-corrected chi connectivity index (χ2v) is 9.60. The van der Waals surface area contributed by atoms with Crippen LogP contribution in [-0.2, 0) is 16.5 Å². The monoisotopic (exact) mass is 293 g/mol. The third-order valence-electron chi connectivity index (χ3n) is 2.45. The van der Waals surface area contributed by atoms with Crippen molar-refractivity contribution < 1.29 is 19.6 Å². The summed E-state index contributed by atoms with van der Waals surface area (Å²) in [6.45, 7) is -1.98. The maximum absolute atomic E-state index is 10.5. The number of hydrogen-bond donors (Lipinski definition) is 3. The first kappa shape index (κ1) is 15.3. The van der Waals surface area contributed by atoms with Crippen LogP contribution in [0.3, 0.4) is 0 Å². The van der Waals surface area contributed by atoms with Gasteiger partial charge in [0.2, 0.25) is 0 Å². The van der Waals surface area contributed by atoms with E-state index in [4.69, 9.17) is 0 Å². The lowest BCUT2D eigenvalue weighted by molar-refractivity contribution is -0.384. The van der Waals surface area contributed by atoms with E-state index in [0.717, 1.165) is 5.56 Å². The summed E-state index contributed by atoms with van der Waals surface area (Å²) in [7, 11) is -0.819. The lowest BCUT2D eigenvalue weighted by Crippen LogP contribution is -2.05. The van der Waals surface area contributed by atoms with E-state index >= 15 is 0 Å². The van der Waals surface area contributed by atoms with Gasteiger partial charge in [-0.05, 0) is 23.5 Å². The van der Waals surface area contributed by atoms with E-state index in [-0.39, 0.29) is 5.69 Å². The molecular weight excluding hydrogens is 277 g/mol. The van der Waals surface area contributed by atoms with Gasteiger partial charge in [-0.3, -0.25) is 10.1 Å². The Morgan fingerprint density at radius 2 is 1.83 bits per heavy atom. The van der Waals surface area contributed by atoms with E-state index in [2.05, 4.69) is 0 Å². The maximum atomic E-state index is 10.5. The molecule has 0 saturated heterocycles. The van der Waals surface area contributed by atoms with Crippen LogP contribution in [0.25, 0.3) is 0 Å². The first-order valence-corrected chi connectivity index (χ1v) is 9.15. The Kier molecular flexibility index (Phi) is 5.49. The zero-order chi connectivity index (χ0) is 13.8. The number of rotatable bonds is 5. The van der Waals surface area contributed by atoms with Gasteiger partial charge in [-0.1, -0.05) is 19.1 Å². The van der Waals surface area contributed by atoms with E-state index in [1.807, 2.05) is 0 Å². The molecule has 1 aromatic rings. The molecule has 0 aliphatic rings. The number of hydrogen-bond acceptors (Lipinski definition) is 2. The van der Waals surface area contributed by atoms with Gasteiger partial charge < -0.3 is 14.7 Å². The van der Waals surface area contributed by atoms with Crippen molar-refractivity contribution in [3.63, 3.8) is 0 Å². The molecular formula is C10H16NO5PS. The second-order valence-electron chi connectivity index (χ2n) is 3.64. The van der Waals surface area contributed by atoms with Gasteiger partial charge in [0.25, 0.3) is 12.4 Å². The van der Waals surface area contributed by atoms with Crippen LogP contribution < -0.4 is 0 Å². The summed E-state index contributed by atoms with van der Waals surface area (Å²) >= 11 is 0. The van der Waals surface area contributed by atoms with Gasteiger partial charge in [0.1, 0.15) is 0 Å². The molecule has 1 atom stereocenters. The van der Waals surface area contributed by atoms with Crippen LogP contribution >= 0.6 is 6.72 Å². The van der Waals surface area contributed by atoms with Crippen LogP contribution in [0.4, 0.5) is 5.69 Å². The minimum absolute atomic E-state index is 0.0292. The molecule has 1 rings (SSSR count). The van der Waals surface area contributed by atoms with Gasteiger partial charge in [-0.2, -0.15) is 0 Å². The van der Waals surface area contributed by atoms with Gasteiger partial charge in [0.15, 0.2) is 0 Å². The molecule has 0 aliphatic heterocycles. The third-order valence-corrected chi connectivity index (χ3v) is 7.89. The number of nitro benzene ring substituents is 1. The first-order valence-electron chi connectivity index (χ1n) is 5.33. The zero-order valence-corrected chi connectivity index (χ0v) is 11.6. The molecule has 6 nitrogen and oxygen atoms in total. The molecule has 0 spiro atoms. The van der Waals surface area contributed by atoms with Crippen LogP contribution in [0.5, 0.6) is 0 Å². The lowest BCUT2D eigenvalue weighted by Gasteiger charge is -2.13. The van der Waals surface area contributed by atoms with Gasteiger partial charge in [-0.15, -0.1) is 10.1 Å². The topological polar surface area (TPSA) is 104 Å². The smallest absolute Gasteiger partial charge is 0.277 e. The Balaban J connectivity index is 2.73. The molecule has 1 unspecified atom stereocenters. The highest BCUT2D eigenvalue weighted by molar-refractivity contribution is 8.27. The van der Waals surface area contributed by atoms with Crippen molar-refractivity contribution in [1.82, 2.24) is 0 Å². The molecule has 0 saturated carbocycles. The van der Waals surface area contributed by atoms with Crippen LogP contribution in [0.1, 0.15) is 12.5 Å². The molecule has 1 aromatic carbocycles. The van der Waals surface area contributed by atoms with Crippen molar-refractivity contribution in [3.8, 4) is 0 Å². The molecule has 8 heteroatoms. The zero-order valence-electron chi connectivity index (χ0n) is 9.89. The highest BCUT2D eigenvalue weighted by atomic mass is 32.5. The molecule has 0 amide bonds. The van der Waals surface area contributed by atoms with Crippen molar-refractivity contribution >= 4 is 22.5 Å². The lowest BCUT2D eigenvalue weighted by atomic mass is 10.1. The minimum atomic E-state index is -3.77. The summed E-state index contributed by atoms with van der Waals surface area (Å²) in [5.74, 6) is 0.968. The summed E-state index contributed by atoms with van der Waals surface area (Å²) in [6.07, 6.45) is 0.554. The van der Waals surface area contributed by atoms with Crippen LogP contribution in [0.15, 0.2) is 24.3 Å². The second kappa shape index (κ2) is 6.45. The highest BCUT2D eigenvalue weighted by Gasteiger charge is 2.11. The number of aryl methyl sites for hydroxylation is 1. The molecule has 18 heavy (non-hydrogen) atoms. The summed E-state index contributed by atoms with van der Waals surface area (Å²) < 4.78 is 0. The molecule has 102 valence electrons. The number of benzene rings is 1. The molecule has 0 aliphatic carbocycles. The van der Waals surface area contributed by atoms with Gasteiger partial charge in [-0.25, -0.2) is 0 Å². The SMILES string of the molecule is CCS(CCc1ccc([N+](=O)[O-])cc1)=P(O)(O)O. The Morgan fingerprint density at radius 3 is 2.22 bits per heavy atom. The maximum Gasteiger partial charge on any atom is 0.277 e. The van der Waals surface area contributed by atoms with Gasteiger partial charge >= 0.3 is 0 Å². The van der Waals surface area contributed by atoms with E-state index in [1.165, 1.54) is 12.1 Å². The Hall–Kier alpha value is -0.720. The number of non-ortho nitro benzene ring substituents is 1. The predicted molar refractivity (Wildman–Crippen MR) is 73.1 cm³/mol. The fourth-order valence-electron chi connectivity index (χ4n) is 1.46. The Labute approximate surface area is 107 Å². The molecule has 3 N–H and O–H groups in total. The first-order chi connectivity index (χ1) is 8.34. The van der Waals surface area contributed by atoms with Crippen molar-refractivity contribution in [2.75, 3.05) is 11.5 Å². The fourth-order valence-corrected chi connectivity index (χ4v) is 4.86. The molecule has 0 aromatic heterocycles. The predicted octanol–water partition coefficient (Wildman–Crippen LogP) is 1.43. The molecule has 0 fully saturated rings. The van der Waals surface area contributed by atoms with Crippen molar-refractivity contribution in [2.24, 2.45) is 0 Å². The van der Waals surface area contributed by atoms with Gasteiger partial charge in [0, 0.05) is 12.1 Å². The summed E-state index contributed by atoms with van der Waals surface area (Å²) in [4.78, 5) is 37.7. The van der Waals surface area contributed by atoms with E-state index in [1.54, 1.807) is 19.1 Å². The molecule has 0 bridgehead atoms. The standard InChI is InChI=1S/C10H16NO5PS/c1-2-18(17(14,15)16)8-7-9-3-5-10(6-4-9)11(12)13/h3-6,14-16H,2,7-8H2,1H3. The van der Waals surface area contributed by atoms with Crippen molar-refractivity contribution in [3.05, 3.63) is 39.9 Å². The average Bonchev–Trinajstić information content (AvgIpc) is 2.28. The number of nitro groups is 1. The largest absolute Gasteiger partial charge is 0.329 e. The Morgan fingerprint density at radius 1 is 1.28 bits per heavy atom. The minimum Gasteiger partial charge on any atom is -0.329 e. The van der Waals surface area contributed by atoms with Crippen LogP contribution in [0, 0.1) is 10.1 Å². The van der Waals surface area contributed by atoms with Crippen LogP contribution in [-0.4, -0.2) is 31.1 Å². The van der Waals surface area contributed by atoms with Crippen molar-refractivity contribution in [2.45, 2.75) is 13.3 Å². The number of nitrogens with zero attached hydrogens (tertiary/aromatic N) is 1. The fraction of sp³-hybridized carbons (Fsp3) is 0.400. The summed E-state index contributed by atoms with van der Waals surface area (Å²) in [6, 6.07) is 6.11. The summed E-state index contributed by atoms with van der Waals surface area (Å²) in [5, 5.41) is 10.5. The van der Waals surface area contributed by atoms with Crippen molar-refractivity contribution in [1.29, 1.82) is 0 Å². The van der Waals surface area contributed by atoms with E-state index in [9.17, 15) is 24.8 Å². The molecule has 0 heterocycles. The Bertz CT molecular complexity index is 473. The van der Waals surface area contributed by atoms with E-state index in [0.29, 0.717) is 17.9 Å². The quantitative estimate of drug-likeness (QED) is 0.433. The normalized spacial score (nSPS) is 13.3. The molecule has 0 radical (unpaired) electrons. The van der Waals surface area contributed by atoms with Crippen LogP contribution in [0.2, 0.25) is 0 Å². The summed E-state index contributed by atoms with van der Waals surface area (Å²) in [5.41, 5.74) is 0.904. The average molecular weight is 293 g/mol. The third kappa shape index (κ3) is 4.51. The highest BCUT2D eigenvalue weighted by Crippen LogP contribution is 2.36. The van der Waals surface area contributed by atoms with E-state index < -0.39 is 21.7 Å².